The molecule has 0 aliphatic carbocycles. The van der Waals surface area contributed by atoms with Gasteiger partial charge in [0.25, 0.3) is 0 Å². The van der Waals surface area contributed by atoms with Gasteiger partial charge in [-0.1, -0.05) is 0 Å². The van der Waals surface area contributed by atoms with Crippen LogP contribution in [0.5, 0.6) is 11.8 Å². The number of hydrogen-bond donors (Lipinski definition) is 1. The average molecular weight is 491 g/mol. The molecule has 2 heterocycles. The Balaban J connectivity index is 0.000000351. The molecule has 11 heteroatoms. The van der Waals surface area contributed by atoms with Gasteiger partial charge in [-0.05, 0) is 31.8 Å². The number of nitriles is 1. The van der Waals surface area contributed by atoms with Gasteiger partial charge in [0, 0.05) is 51.7 Å². The molecule has 0 aromatic carbocycles. The Morgan fingerprint density at radius 1 is 0.829 bits per heavy atom. The largest absolute Gasteiger partial charge is 0.475 e. The maximum absolute atomic E-state index is 8.69. The minimum Gasteiger partial charge on any atom is -0.475 e. The zero-order chi connectivity index (χ0) is 25.7. The molecule has 2 N–H and O–H groups in total. The summed E-state index contributed by atoms with van der Waals surface area (Å²) in [4.78, 5) is 15.3. The molecule has 0 unspecified atom stereocenters. The molecule has 2 rings (SSSR count). The van der Waals surface area contributed by atoms with Gasteiger partial charge in [-0.15, -0.1) is 0 Å². The Kier molecular flexibility index (Phi) is 16.8. The quantitative estimate of drug-likeness (QED) is 0.270. The van der Waals surface area contributed by atoms with E-state index in [0.717, 1.165) is 12.1 Å². The Labute approximate surface area is 208 Å². The minimum absolute atomic E-state index is 0.440. The first-order valence-electron chi connectivity index (χ1n) is 11.3. The summed E-state index contributed by atoms with van der Waals surface area (Å²) in [7, 11) is 7.66. The van der Waals surface area contributed by atoms with E-state index in [1.807, 2.05) is 46.4 Å². The summed E-state index contributed by atoms with van der Waals surface area (Å²) in [6, 6.07) is 8.98. The molecule has 2 aromatic heterocycles. The number of aromatic nitrogens is 2. The molecule has 11 nitrogen and oxygen atoms in total. The van der Waals surface area contributed by atoms with Gasteiger partial charge in [-0.3, -0.25) is 4.84 Å². The van der Waals surface area contributed by atoms with Crippen LogP contribution >= 0.6 is 0 Å². The van der Waals surface area contributed by atoms with Crippen LogP contribution in [0.2, 0.25) is 0 Å². The van der Waals surface area contributed by atoms with E-state index < -0.39 is 0 Å². The summed E-state index contributed by atoms with van der Waals surface area (Å²) in [5.74, 6) is 1.03. The summed E-state index contributed by atoms with van der Waals surface area (Å²) in [6.07, 6.45) is 3.24. The molecule has 0 aliphatic rings. The van der Waals surface area contributed by atoms with Gasteiger partial charge in [0.05, 0.1) is 44.7 Å². The van der Waals surface area contributed by atoms with E-state index in [9.17, 15) is 0 Å². The van der Waals surface area contributed by atoms with Crippen molar-refractivity contribution in [2.24, 2.45) is 5.73 Å². The van der Waals surface area contributed by atoms with Crippen molar-refractivity contribution in [3.8, 4) is 17.8 Å². The third-order valence-electron chi connectivity index (χ3n) is 4.11. The molecule has 35 heavy (non-hydrogen) atoms. The van der Waals surface area contributed by atoms with Gasteiger partial charge >= 0.3 is 0 Å². The molecule has 0 aliphatic heterocycles. The van der Waals surface area contributed by atoms with Crippen LogP contribution in [0.15, 0.2) is 36.7 Å². The molecular weight excluding hydrogens is 452 g/mol. The van der Waals surface area contributed by atoms with Gasteiger partial charge in [-0.25, -0.2) is 9.97 Å². The fraction of sp³-hybridized carbons (Fsp3) is 0.542. The lowest BCUT2D eigenvalue weighted by atomic mass is 10.3. The van der Waals surface area contributed by atoms with Crippen molar-refractivity contribution < 1.29 is 23.8 Å². The van der Waals surface area contributed by atoms with Crippen LogP contribution < -0.4 is 15.2 Å². The summed E-state index contributed by atoms with van der Waals surface area (Å²) < 4.78 is 21.5. The summed E-state index contributed by atoms with van der Waals surface area (Å²) in [5.41, 5.74) is 7.07. The molecule has 0 amide bonds. The van der Waals surface area contributed by atoms with Crippen LogP contribution in [0.1, 0.15) is 11.1 Å². The second-order valence-corrected chi connectivity index (χ2v) is 7.57. The van der Waals surface area contributed by atoms with Crippen molar-refractivity contribution >= 4 is 0 Å². The van der Waals surface area contributed by atoms with E-state index >= 15 is 0 Å². The number of nitrogens with zero attached hydrogens (tertiary/aromatic N) is 5. The van der Waals surface area contributed by atoms with Crippen molar-refractivity contribution in [1.29, 1.82) is 5.26 Å². The first-order chi connectivity index (χ1) is 16.9. The van der Waals surface area contributed by atoms with Gasteiger partial charge < -0.3 is 29.6 Å². The molecule has 0 saturated carbocycles. The second kappa shape index (κ2) is 19.5. The van der Waals surface area contributed by atoms with Crippen molar-refractivity contribution in [2.75, 3.05) is 81.0 Å². The molecule has 0 bridgehead atoms. The summed E-state index contributed by atoms with van der Waals surface area (Å²) in [6.45, 7) is 5.06. The molecule has 2 aromatic rings. The van der Waals surface area contributed by atoms with Crippen LogP contribution in [0, 0.1) is 11.3 Å². The van der Waals surface area contributed by atoms with Gasteiger partial charge in [0.1, 0.15) is 13.2 Å². The van der Waals surface area contributed by atoms with Gasteiger partial charge in [0.15, 0.2) is 0 Å². The molecule has 0 fully saturated rings. The normalized spacial score (nSPS) is 10.6. The Morgan fingerprint density at radius 2 is 1.43 bits per heavy atom. The van der Waals surface area contributed by atoms with Crippen LogP contribution in [0.3, 0.4) is 0 Å². The maximum atomic E-state index is 8.69. The number of pyridine rings is 2. The van der Waals surface area contributed by atoms with Crippen molar-refractivity contribution in [3.05, 3.63) is 47.8 Å². The predicted molar refractivity (Wildman–Crippen MR) is 132 cm³/mol. The lowest BCUT2D eigenvalue weighted by molar-refractivity contribution is -0.134. The monoisotopic (exact) mass is 490 g/mol. The van der Waals surface area contributed by atoms with Gasteiger partial charge in [0.2, 0.25) is 11.8 Å². The number of nitrogens with two attached hydrogens (primary N) is 1. The zero-order valence-corrected chi connectivity index (χ0v) is 21.2. The highest BCUT2D eigenvalue weighted by Crippen LogP contribution is 2.08. The maximum Gasteiger partial charge on any atom is 0.214 e. The van der Waals surface area contributed by atoms with Crippen molar-refractivity contribution in [3.63, 3.8) is 0 Å². The third kappa shape index (κ3) is 16.4. The molecule has 0 atom stereocenters. The van der Waals surface area contributed by atoms with E-state index in [2.05, 4.69) is 14.9 Å². The van der Waals surface area contributed by atoms with Crippen LogP contribution in [-0.2, 0) is 20.9 Å². The van der Waals surface area contributed by atoms with E-state index in [-0.39, 0.29) is 0 Å². The second-order valence-electron chi connectivity index (χ2n) is 7.57. The summed E-state index contributed by atoms with van der Waals surface area (Å²) in [5, 5.41) is 10.3. The summed E-state index contributed by atoms with van der Waals surface area (Å²) >= 11 is 0. The van der Waals surface area contributed by atoms with E-state index in [0.29, 0.717) is 70.1 Å². The fourth-order valence-electron chi connectivity index (χ4n) is 2.35. The highest BCUT2D eigenvalue weighted by molar-refractivity contribution is 5.31. The Bertz CT molecular complexity index is 847. The predicted octanol–water partition coefficient (Wildman–Crippen LogP) is 1.34. The average Bonchev–Trinajstić information content (AvgIpc) is 2.86. The Hall–Kier alpha value is -2.85. The number of likely N-dealkylation sites (N-methyl/N-ethyl adjacent to an activating group) is 1. The molecule has 0 saturated heterocycles. The molecule has 0 spiro atoms. The van der Waals surface area contributed by atoms with Crippen LogP contribution in [0.25, 0.3) is 0 Å². The first kappa shape index (κ1) is 30.2. The highest BCUT2D eigenvalue weighted by Gasteiger charge is 1.99. The fourth-order valence-corrected chi connectivity index (χ4v) is 2.35. The third-order valence-corrected chi connectivity index (χ3v) is 4.11. The Morgan fingerprint density at radius 3 is 2.03 bits per heavy atom. The van der Waals surface area contributed by atoms with Crippen molar-refractivity contribution in [2.45, 2.75) is 6.54 Å². The van der Waals surface area contributed by atoms with Crippen LogP contribution in [-0.4, -0.2) is 101 Å². The van der Waals surface area contributed by atoms with Crippen molar-refractivity contribution in [1.82, 2.24) is 19.9 Å². The molecule has 194 valence electrons. The lowest BCUT2D eigenvalue weighted by Gasteiger charge is -2.10. The smallest absolute Gasteiger partial charge is 0.214 e. The highest BCUT2D eigenvalue weighted by atomic mass is 16.7. The molecular formula is C24H38N6O5. The lowest BCUT2D eigenvalue weighted by Crippen LogP contribution is -2.19. The standard InChI is InChI=1S/C12H21N3O3.C12H17N3O2/c1-15(2)18-8-6-16-5-7-17-12-9-11(10-13)3-4-14-12;1-15(2)5-6-16-7-8-17-12-9-11(10-13)3-4-14-12/h3-4,9H,5-8,10,13H2,1-2H3;3-4,9H,5-8H2,1-2H3. The van der Waals surface area contributed by atoms with E-state index in [1.165, 1.54) is 0 Å². The topological polar surface area (TPSA) is 128 Å². The zero-order valence-electron chi connectivity index (χ0n) is 21.2. The molecule has 0 radical (unpaired) electrons. The van der Waals surface area contributed by atoms with E-state index in [4.69, 9.17) is 34.8 Å². The number of rotatable bonds is 16. The SMILES string of the molecule is CN(C)CCOCCOc1cc(C#N)ccn1.CN(C)OCCOCCOc1cc(CN)ccn1. The number of ether oxygens (including phenoxy) is 4. The van der Waals surface area contributed by atoms with E-state index in [1.54, 1.807) is 29.6 Å². The first-order valence-corrected chi connectivity index (χ1v) is 11.3. The van der Waals surface area contributed by atoms with Crippen LogP contribution in [0.4, 0.5) is 0 Å². The minimum atomic E-state index is 0.440. The number of hydrogen-bond acceptors (Lipinski definition) is 11. The number of hydroxylamine groups is 2. The van der Waals surface area contributed by atoms with Gasteiger partial charge in [-0.2, -0.15) is 10.3 Å².